The molecule has 1 unspecified atom stereocenters. The predicted molar refractivity (Wildman–Crippen MR) is 71.2 cm³/mol. The van der Waals surface area contributed by atoms with Gasteiger partial charge in [0.25, 0.3) is 0 Å². The molecule has 1 rings (SSSR count). The molecule has 1 aromatic heterocycles. The number of rotatable bonds is 7. The molecule has 20 heavy (non-hydrogen) atoms. The number of aromatic carboxylic acids is 1. The molecule has 0 bridgehead atoms. The van der Waals surface area contributed by atoms with E-state index in [9.17, 15) is 18.3 Å². The second kappa shape index (κ2) is 6.38. The third-order valence-corrected chi connectivity index (χ3v) is 4.39. The summed E-state index contributed by atoms with van der Waals surface area (Å²) in [6.07, 6.45) is 0.363. The Morgan fingerprint density at radius 2 is 1.95 bits per heavy atom. The lowest BCUT2D eigenvalue weighted by atomic mass is 10.2. The van der Waals surface area contributed by atoms with E-state index >= 15 is 0 Å². The zero-order valence-electron chi connectivity index (χ0n) is 11.6. The van der Waals surface area contributed by atoms with Gasteiger partial charge in [0.1, 0.15) is 22.0 Å². The topological polar surface area (TPSA) is 117 Å². The SMILES string of the molecule is CCCC(O)CNS(=O)(=O)c1c(C)oc(C)c1C(=O)O. The van der Waals surface area contributed by atoms with Gasteiger partial charge in [-0.2, -0.15) is 0 Å². The summed E-state index contributed by atoms with van der Waals surface area (Å²) in [7, 11) is -4.04. The van der Waals surface area contributed by atoms with E-state index in [1.807, 2.05) is 6.92 Å². The second-order valence-electron chi connectivity index (χ2n) is 4.52. The number of hydrogen-bond donors (Lipinski definition) is 3. The van der Waals surface area contributed by atoms with Crippen molar-refractivity contribution in [3.05, 3.63) is 17.1 Å². The molecule has 7 nitrogen and oxygen atoms in total. The van der Waals surface area contributed by atoms with Gasteiger partial charge < -0.3 is 14.6 Å². The number of carbonyl (C=O) groups is 1. The van der Waals surface area contributed by atoms with Crippen LogP contribution in [0.4, 0.5) is 0 Å². The fourth-order valence-electron chi connectivity index (χ4n) is 1.95. The van der Waals surface area contributed by atoms with E-state index in [4.69, 9.17) is 9.52 Å². The van der Waals surface area contributed by atoms with Crippen LogP contribution in [0.15, 0.2) is 9.31 Å². The Morgan fingerprint density at radius 3 is 2.45 bits per heavy atom. The minimum absolute atomic E-state index is 0.0115. The number of carboxylic acid groups (broad SMARTS) is 1. The molecule has 0 fully saturated rings. The summed E-state index contributed by atoms with van der Waals surface area (Å²) in [5, 5.41) is 18.6. The fourth-order valence-corrected chi connectivity index (χ4v) is 3.42. The van der Waals surface area contributed by atoms with Gasteiger partial charge in [0.2, 0.25) is 10.0 Å². The molecule has 1 heterocycles. The van der Waals surface area contributed by atoms with Gasteiger partial charge in [-0.3, -0.25) is 0 Å². The minimum atomic E-state index is -4.04. The molecular formula is C12H19NO6S. The van der Waals surface area contributed by atoms with Crippen LogP contribution >= 0.6 is 0 Å². The van der Waals surface area contributed by atoms with Crippen LogP contribution in [0.3, 0.4) is 0 Å². The molecule has 0 spiro atoms. The third-order valence-electron chi connectivity index (χ3n) is 2.82. The lowest BCUT2D eigenvalue weighted by molar-refractivity contribution is 0.0691. The predicted octanol–water partition coefficient (Wildman–Crippen LogP) is 1.03. The van der Waals surface area contributed by atoms with Gasteiger partial charge in [-0.15, -0.1) is 0 Å². The Kier molecular flexibility index (Phi) is 5.32. The average Bonchev–Trinajstić information content (AvgIpc) is 2.63. The van der Waals surface area contributed by atoms with Crippen LogP contribution in [-0.2, 0) is 10.0 Å². The summed E-state index contributed by atoms with van der Waals surface area (Å²) in [5.74, 6) is -1.32. The zero-order valence-corrected chi connectivity index (χ0v) is 12.5. The molecule has 114 valence electrons. The molecule has 0 aliphatic heterocycles. The first kappa shape index (κ1) is 16.7. The second-order valence-corrected chi connectivity index (χ2v) is 6.22. The quantitative estimate of drug-likeness (QED) is 0.693. The van der Waals surface area contributed by atoms with Crippen molar-refractivity contribution in [1.82, 2.24) is 4.72 Å². The number of aliphatic hydroxyl groups is 1. The first-order chi connectivity index (χ1) is 9.20. The normalized spacial score (nSPS) is 13.4. The van der Waals surface area contributed by atoms with Gasteiger partial charge in [-0.05, 0) is 20.3 Å². The van der Waals surface area contributed by atoms with Crippen LogP contribution in [0.2, 0.25) is 0 Å². The maximum absolute atomic E-state index is 12.2. The highest BCUT2D eigenvalue weighted by Crippen LogP contribution is 2.26. The van der Waals surface area contributed by atoms with Crippen LogP contribution in [0.25, 0.3) is 0 Å². The van der Waals surface area contributed by atoms with Gasteiger partial charge in [0, 0.05) is 6.54 Å². The lowest BCUT2D eigenvalue weighted by Gasteiger charge is -2.11. The molecule has 1 atom stereocenters. The highest BCUT2D eigenvalue weighted by atomic mass is 32.2. The van der Waals surface area contributed by atoms with Crippen LogP contribution in [0.1, 0.15) is 41.6 Å². The molecule has 0 aliphatic carbocycles. The standard InChI is InChI=1S/C12H19NO6S/c1-4-5-9(14)6-13-20(17,18)11-8(3)19-7(2)10(11)12(15)16/h9,13-14H,4-6H2,1-3H3,(H,15,16). The average molecular weight is 305 g/mol. The van der Waals surface area contributed by atoms with E-state index in [-0.39, 0.29) is 28.5 Å². The summed E-state index contributed by atoms with van der Waals surface area (Å²) < 4.78 is 31.6. The smallest absolute Gasteiger partial charge is 0.340 e. The molecule has 0 saturated carbocycles. The van der Waals surface area contributed by atoms with Crippen LogP contribution < -0.4 is 4.72 Å². The summed E-state index contributed by atoms with van der Waals surface area (Å²) in [6.45, 7) is 4.47. The van der Waals surface area contributed by atoms with Gasteiger partial charge in [0.05, 0.1) is 6.10 Å². The van der Waals surface area contributed by atoms with Crippen molar-refractivity contribution in [2.45, 2.75) is 44.6 Å². The number of aliphatic hydroxyl groups excluding tert-OH is 1. The molecule has 8 heteroatoms. The molecule has 0 aromatic carbocycles. The van der Waals surface area contributed by atoms with E-state index in [2.05, 4.69) is 4.72 Å². The van der Waals surface area contributed by atoms with E-state index in [0.717, 1.165) is 0 Å². The van der Waals surface area contributed by atoms with Crippen LogP contribution in [-0.4, -0.2) is 37.2 Å². The molecule has 0 aliphatic rings. The van der Waals surface area contributed by atoms with Gasteiger partial charge in [0.15, 0.2) is 0 Å². The number of furan rings is 1. The summed E-state index contributed by atoms with van der Waals surface area (Å²) in [4.78, 5) is 10.8. The summed E-state index contributed by atoms with van der Waals surface area (Å²) >= 11 is 0. The Balaban J connectivity index is 3.07. The molecule has 3 N–H and O–H groups in total. The highest BCUT2D eigenvalue weighted by molar-refractivity contribution is 7.89. The maximum Gasteiger partial charge on any atom is 0.340 e. The minimum Gasteiger partial charge on any atom is -0.478 e. The summed E-state index contributed by atoms with van der Waals surface area (Å²) in [5.41, 5.74) is -0.375. The van der Waals surface area contributed by atoms with Gasteiger partial charge >= 0.3 is 5.97 Å². The maximum atomic E-state index is 12.2. The zero-order chi connectivity index (χ0) is 15.5. The van der Waals surface area contributed by atoms with Crippen molar-refractivity contribution in [2.24, 2.45) is 0 Å². The number of hydrogen-bond acceptors (Lipinski definition) is 5. The van der Waals surface area contributed by atoms with Crippen molar-refractivity contribution in [1.29, 1.82) is 0 Å². The molecule has 0 radical (unpaired) electrons. The lowest BCUT2D eigenvalue weighted by Crippen LogP contribution is -2.33. The Labute approximate surface area is 117 Å². The van der Waals surface area contributed by atoms with Crippen molar-refractivity contribution in [3.8, 4) is 0 Å². The van der Waals surface area contributed by atoms with Crippen LogP contribution in [0, 0.1) is 13.8 Å². The number of aryl methyl sites for hydroxylation is 2. The monoisotopic (exact) mass is 305 g/mol. The first-order valence-corrected chi connectivity index (χ1v) is 7.70. The molecule has 0 amide bonds. The van der Waals surface area contributed by atoms with E-state index in [1.54, 1.807) is 0 Å². The number of nitrogens with one attached hydrogen (secondary N) is 1. The van der Waals surface area contributed by atoms with Gasteiger partial charge in [-0.1, -0.05) is 13.3 Å². The van der Waals surface area contributed by atoms with Crippen molar-refractivity contribution < 1.29 is 27.8 Å². The number of carboxylic acids is 1. The summed E-state index contributed by atoms with van der Waals surface area (Å²) in [6, 6.07) is 0. The Morgan fingerprint density at radius 1 is 1.35 bits per heavy atom. The molecule has 0 saturated heterocycles. The van der Waals surface area contributed by atoms with E-state index in [0.29, 0.717) is 12.8 Å². The van der Waals surface area contributed by atoms with E-state index < -0.39 is 22.1 Å². The molecule has 1 aromatic rings. The van der Waals surface area contributed by atoms with Crippen molar-refractivity contribution in [2.75, 3.05) is 6.54 Å². The highest BCUT2D eigenvalue weighted by Gasteiger charge is 2.30. The first-order valence-electron chi connectivity index (χ1n) is 6.21. The van der Waals surface area contributed by atoms with Crippen molar-refractivity contribution in [3.63, 3.8) is 0 Å². The largest absolute Gasteiger partial charge is 0.478 e. The number of sulfonamides is 1. The third kappa shape index (κ3) is 3.59. The van der Waals surface area contributed by atoms with Gasteiger partial charge in [-0.25, -0.2) is 17.9 Å². The van der Waals surface area contributed by atoms with E-state index in [1.165, 1.54) is 13.8 Å². The Hall–Kier alpha value is -1.38. The molecular weight excluding hydrogens is 286 g/mol. The Bertz CT molecular complexity index is 589. The van der Waals surface area contributed by atoms with Crippen LogP contribution in [0.5, 0.6) is 0 Å². The van der Waals surface area contributed by atoms with Crippen molar-refractivity contribution >= 4 is 16.0 Å². The fraction of sp³-hybridized carbons (Fsp3) is 0.583.